The molecule has 1 amide bonds. The predicted octanol–water partition coefficient (Wildman–Crippen LogP) is 0.210. The number of likely N-dealkylation sites (N-methyl/N-ethyl adjacent to an activating group) is 1. The number of hydrogen-bond donors (Lipinski definition) is 3. The van der Waals surface area contributed by atoms with Crippen molar-refractivity contribution >= 4 is 27.5 Å². The van der Waals surface area contributed by atoms with E-state index in [0.29, 0.717) is 29.1 Å². The van der Waals surface area contributed by atoms with Gasteiger partial charge in [-0.15, -0.1) is 11.3 Å². The first-order valence-electron chi connectivity index (χ1n) is 5.64. The lowest BCUT2D eigenvalue weighted by Gasteiger charge is -2.04. The summed E-state index contributed by atoms with van der Waals surface area (Å²) >= 11 is 1.37. The van der Waals surface area contributed by atoms with Gasteiger partial charge in [0.2, 0.25) is 5.91 Å². The van der Waals surface area contributed by atoms with Crippen LogP contribution in [0.25, 0.3) is 10.2 Å². The molecule has 6 nitrogen and oxygen atoms in total. The fraction of sp³-hybridized carbons (Fsp3) is 0.364. The minimum Gasteiger partial charge on any atom is -0.355 e. The summed E-state index contributed by atoms with van der Waals surface area (Å²) in [5, 5.41) is 7.44. The van der Waals surface area contributed by atoms with E-state index >= 15 is 0 Å². The van der Waals surface area contributed by atoms with Gasteiger partial charge in [-0.25, -0.2) is 4.98 Å². The van der Waals surface area contributed by atoms with Crippen LogP contribution in [0.3, 0.4) is 0 Å². The number of aromatic amines is 1. The van der Waals surface area contributed by atoms with Crippen molar-refractivity contribution in [3.8, 4) is 0 Å². The van der Waals surface area contributed by atoms with Crippen LogP contribution in [-0.2, 0) is 11.3 Å². The zero-order chi connectivity index (χ0) is 13.0. The molecule has 0 fully saturated rings. The molecule has 96 valence electrons. The normalized spacial score (nSPS) is 10.7. The van der Waals surface area contributed by atoms with E-state index < -0.39 is 0 Å². The minimum atomic E-state index is -0.134. The van der Waals surface area contributed by atoms with Gasteiger partial charge in [0, 0.05) is 6.54 Å². The van der Waals surface area contributed by atoms with Gasteiger partial charge in [-0.1, -0.05) is 0 Å². The molecule has 0 radical (unpaired) electrons. The van der Waals surface area contributed by atoms with Crippen LogP contribution in [-0.4, -0.2) is 29.0 Å². The Morgan fingerprint density at radius 1 is 1.56 bits per heavy atom. The number of fused-ring (bicyclic) bond motifs is 1. The standard InChI is InChI=1S/C11H14N4O2S/c1-2-13-9(16)6-12-5-8-14-7-3-4-18-10(7)11(17)15-8/h3-4,12H,2,5-6H2,1H3,(H,13,16)(H,14,15,17). The Labute approximate surface area is 107 Å². The van der Waals surface area contributed by atoms with Crippen molar-refractivity contribution in [2.75, 3.05) is 13.1 Å². The lowest BCUT2D eigenvalue weighted by atomic mass is 10.4. The zero-order valence-corrected chi connectivity index (χ0v) is 10.8. The molecular formula is C11H14N4O2S. The van der Waals surface area contributed by atoms with Gasteiger partial charge in [-0.2, -0.15) is 0 Å². The molecule has 0 aliphatic heterocycles. The number of nitrogens with one attached hydrogen (secondary N) is 3. The van der Waals surface area contributed by atoms with Gasteiger partial charge in [-0.3, -0.25) is 9.59 Å². The maximum absolute atomic E-state index is 11.7. The number of amides is 1. The second-order valence-electron chi connectivity index (χ2n) is 3.70. The van der Waals surface area contributed by atoms with E-state index in [0.717, 1.165) is 0 Å². The molecule has 2 aromatic heterocycles. The van der Waals surface area contributed by atoms with Gasteiger partial charge in [-0.05, 0) is 18.4 Å². The highest BCUT2D eigenvalue weighted by molar-refractivity contribution is 7.17. The Balaban J connectivity index is 1.99. The van der Waals surface area contributed by atoms with Crippen LogP contribution in [0.4, 0.5) is 0 Å². The molecular weight excluding hydrogens is 252 g/mol. The van der Waals surface area contributed by atoms with Crippen LogP contribution >= 0.6 is 11.3 Å². The molecule has 0 aliphatic rings. The SMILES string of the molecule is CCNC(=O)CNCc1nc2ccsc2c(=O)[nH]1. The molecule has 3 N–H and O–H groups in total. The molecule has 2 aromatic rings. The van der Waals surface area contributed by atoms with Crippen LogP contribution in [0.1, 0.15) is 12.7 Å². The molecule has 0 atom stereocenters. The Kier molecular flexibility index (Phi) is 4.06. The van der Waals surface area contributed by atoms with Gasteiger partial charge in [0.25, 0.3) is 5.56 Å². The molecule has 0 saturated heterocycles. The van der Waals surface area contributed by atoms with Gasteiger partial charge < -0.3 is 15.6 Å². The summed E-state index contributed by atoms with van der Waals surface area (Å²) < 4.78 is 0.627. The summed E-state index contributed by atoms with van der Waals surface area (Å²) in [6.45, 7) is 3.04. The number of H-pyrrole nitrogens is 1. The summed E-state index contributed by atoms with van der Waals surface area (Å²) in [5.74, 6) is 0.464. The van der Waals surface area contributed by atoms with Gasteiger partial charge in [0.05, 0.1) is 18.6 Å². The number of thiophene rings is 1. The van der Waals surface area contributed by atoms with Crippen molar-refractivity contribution in [2.45, 2.75) is 13.5 Å². The Bertz CT molecular complexity index is 604. The highest BCUT2D eigenvalue weighted by atomic mass is 32.1. The number of rotatable bonds is 5. The maximum atomic E-state index is 11.7. The van der Waals surface area contributed by atoms with Crippen molar-refractivity contribution < 1.29 is 4.79 Å². The van der Waals surface area contributed by atoms with E-state index in [1.807, 2.05) is 18.4 Å². The molecule has 2 heterocycles. The molecule has 2 rings (SSSR count). The number of carbonyl (C=O) groups is 1. The van der Waals surface area contributed by atoms with Crippen molar-refractivity contribution in [2.24, 2.45) is 0 Å². The van der Waals surface area contributed by atoms with E-state index in [-0.39, 0.29) is 18.0 Å². The topological polar surface area (TPSA) is 86.9 Å². The summed E-state index contributed by atoms with van der Waals surface area (Å²) in [4.78, 5) is 29.9. The summed E-state index contributed by atoms with van der Waals surface area (Å²) in [6, 6.07) is 1.81. The first-order chi connectivity index (χ1) is 8.70. The average molecular weight is 266 g/mol. The predicted molar refractivity (Wildman–Crippen MR) is 70.6 cm³/mol. The van der Waals surface area contributed by atoms with Crippen molar-refractivity contribution in [3.63, 3.8) is 0 Å². The number of aromatic nitrogens is 2. The molecule has 0 bridgehead atoms. The first-order valence-corrected chi connectivity index (χ1v) is 6.52. The quantitative estimate of drug-likeness (QED) is 0.722. The summed E-state index contributed by atoms with van der Waals surface area (Å²) in [6.07, 6.45) is 0. The molecule has 0 aliphatic carbocycles. The smallest absolute Gasteiger partial charge is 0.268 e. The third-order valence-corrected chi connectivity index (χ3v) is 3.22. The van der Waals surface area contributed by atoms with Crippen LogP contribution < -0.4 is 16.2 Å². The monoisotopic (exact) mass is 266 g/mol. The van der Waals surface area contributed by atoms with Crippen molar-refractivity contribution in [3.05, 3.63) is 27.6 Å². The third kappa shape index (κ3) is 2.93. The zero-order valence-electron chi connectivity index (χ0n) is 9.95. The van der Waals surface area contributed by atoms with E-state index in [1.54, 1.807) is 0 Å². The second kappa shape index (κ2) is 5.74. The van der Waals surface area contributed by atoms with Gasteiger partial charge in [0.15, 0.2) is 0 Å². The Morgan fingerprint density at radius 2 is 2.39 bits per heavy atom. The maximum Gasteiger partial charge on any atom is 0.268 e. The van der Waals surface area contributed by atoms with E-state index in [2.05, 4.69) is 20.6 Å². The van der Waals surface area contributed by atoms with Gasteiger partial charge in [0.1, 0.15) is 10.5 Å². The van der Waals surface area contributed by atoms with Crippen LogP contribution in [0.15, 0.2) is 16.2 Å². The Hall–Kier alpha value is -1.73. The molecule has 0 spiro atoms. The summed E-state index contributed by atoms with van der Waals surface area (Å²) in [5.41, 5.74) is 0.559. The van der Waals surface area contributed by atoms with Crippen LogP contribution in [0.5, 0.6) is 0 Å². The number of hydrogen-bond acceptors (Lipinski definition) is 5. The average Bonchev–Trinajstić information content (AvgIpc) is 2.78. The molecule has 0 saturated carbocycles. The first kappa shape index (κ1) is 12.7. The lowest BCUT2D eigenvalue weighted by molar-refractivity contribution is -0.120. The highest BCUT2D eigenvalue weighted by Gasteiger charge is 2.05. The fourth-order valence-electron chi connectivity index (χ4n) is 1.56. The molecule has 0 unspecified atom stereocenters. The van der Waals surface area contributed by atoms with Crippen LogP contribution in [0.2, 0.25) is 0 Å². The largest absolute Gasteiger partial charge is 0.355 e. The van der Waals surface area contributed by atoms with E-state index in [4.69, 9.17) is 0 Å². The number of carbonyl (C=O) groups excluding carboxylic acids is 1. The Morgan fingerprint density at radius 3 is 3.17 bits per heavy atom. The van der Waals surface area contributed by atoms with Crippen molar-refractivity contribution in [1.29, 1.82) is 0 Å². The second-order valence-corrected chi connectivity index (χ2v) is 4.62. The molecule has 7 heteroatoms. The fourth-order valence-corrected chi connectivity index (χ4v) is 2.28. The van der Waals surface area contributed by atoms with Crippen molar-refractivity contribution in [1.82, 2.24) is 20.6 Å². The number of nitrogens with zero attached hydrogens (tertiary/aromatic N) is 1. The van der Waals surface area contributed by atoms with E-state index in [9.17, 15) is 9.59 Å². The van der Waals surface area contributed by atoms with E-state index in [1.165, 1.54) is 11.3 Å². The molecule has 18 heavy (non-hydrogen) atoms. The minimum absolute atomic E-state index is 0.0727. The lowest BCUT2D eigenvalue weighted by Crippen LogP contribution is -2.33. The highest BCUT2D eigenvalue weighted by Crippen LogP contribution is 2.13. The third-order valence-electron chi connectivity index (χ3n) is 2.32. The van der Waals surface area contributed by atoms with Crippen LogP contribution in [0, 0.1) is 0 Å². The van der Waals surface area contributed by atoms with Gasteiger partial charge >= 0.3 is 0 Å². The molecule has 0 aromatic carbocycles. The summed E-state index contributed by atoms with van der Waals surface area (Å²) in [7, 11) is 0.